The minimum atomic E-state index is -1.24. The zero-order valence-electron chi connectivity index (χ0n) is 28.3. The monoisotopic (exact) mass is 625 g/mol. The van der Waals surface area contributed by atoms with Crippen molar-refractivity contribution in [2.45, 2.75) is 129 Å². The number of hydrogen-bond acceptors (Lipinski definition) is 12. The van der Waals surface area contributed by atoms with Gasteiger partial charge in [0.05, 0.1) is 35.4 Å². The molecule has 0 aliphatic carbocycles. The Morgan fingerprint density at radius 3 is 2.23 bits per heavy atom. The number of likely N-dealkylation sites (N-methyl/N-ethyl adjacent to an activating group) is 1. The van der Waals surface area contributed by atoms with Crippen molar-refractivity contribution < 1.29 is 43.5 Å². The van der Waals surface area contributed by atoms with Crippen LogP contribution < -0.4 is 5.43 Å². The molecule has 0 aromatic carbocycles. The van der Waals surface area contributed by atoms with Crippen LogP contribution in [0, 0.1) is 29.1 Å². The third-order valence-electron chi connectivity index (χ3n) is 10.4. The second-order valence-corrected chi connectivity index (χ2v) is 13.7. The normalized spacial score (nSPS) is 46.2. The van der Waals surface area contributed by atoms with Gasteiger partial charge in [-0.25, -0.2) is 0 Å². The maximum Gasteiger partial charge on any atom is 0.316 e. The first-order valence-electron chi connectivity index (χ1n) is 15.9. The zero-order valence-corrected chi connectivity index (χ0v) is 28.3. The lowest BCUT2D eigenvalue weighted by molar-refractivity contribution is -0.295. The highest BCUT2D eigenvalue weighted by Crippen LogP contribution is 2.42. The summed E-state index contributed by atoms with van der Waals surface area (Å²) in [6, 6.07) is -0.705. The van der Waals surface area contributed by atoms with Crippen LogP contribution in [-0.4, -0.2) is 115 Å². The molecular weight excluding hydrogens is 570 g/mol. The van der Waals surface area contributed by atoms with Crippen LogP contribution in [0.25, 0.3) is 0 Å². The van der Waals surface area contributed by atoms with E-state index in [0.717, 1.165) is 0 Å². The molecule has 252 valence electrons. The summed E-state index contributed by atoms with van der Waals surface area (Å²) in [5, 5.41) is 27.3. The number of cyclic esters (lactones) is 1. The fraction of sp³-hybridized carbons (Fsp3) is 0.875. The summed E-state index contributed by atoms with van der Waals surface area (Å²) in [5.74, 6) is -4.96. The van der Waals surface area contributed by atoms with Gasteiger partial charge < -0.3 is 39.5 Å². The highest BCUT2D eigenvalue weighted by Gasteiger charge is 2.56. The number of methoxy groups -OCH3 is 1. The Morgan fingerprint density at radius 2 is 1.70 bits per heavy atom. The first kappa shape index (κ1) is 36.5. The Hall–Kier alpha value is -1.96. The first-order valence-corrected chi connectivity index (χ1v) is 15.9. The van der Waals surface area contributed by atoms with Crippen molar-refractivity contribution in [2.24, 2.45) is 34.2 Å². The van der Waals surface area contributed by atoms with Crippen molar-refractivity contribution in [2.75, 3.05) is 21.2 Å². The van der Waals surface area contributed by atoms with Gasteiger partial charge in [0, 0.05) is 37.1 Å². The molecule has 12 nitrogen and oxygen atoms in total. The summed E-state index contributed by atoms with van der Waals surface area (Å²) >= 11 is 0. The van der Waals surface area contributed by atoms with E-state index in [-0.39, 0.29) is 24.3 Å². The maximum atomic E-state index is 14.0. The smallest absolute Gasteiger partial charge is 0.316 e. The first-order chi connectivity index (χ1) is 20.5. The fourth-order valence-electron chi connectivity index (χ4n) is 7.46. The molecule has 0 bridgehead atoms. The largest absolute Gasteiger partial charge is 0.461 e. The third kappa shape index (κ3) is 6.76. The Morgan fingerprint density at radius 1 is 1.07 bits per heavy atom. The van der Waals surface area contributed by atoms with Gasteiger partial charge in [0.1, 0.15) is 23.9 Å². The van der Waals surface area contributed by atoms with Gasteiger partial charge in [-0.3, -0.25) is 14.4 Å². The van der Waals surface area contributed by atoms with Crippen LogP contribution in [0.2, 0.25) is 0 Å². The molecule has 3 N–H and O–H groups in total. The minimum Gasteiger partial charge on any atom is -0.461 e. The molecule has 3 rings (SSSR count). The van der Waals surface area contributed by atoms with E-state index in [9.17, 15) is 24.6 Å². The molecule has 0 saturated carbocycles. The van der Waals surface area contributed by atoms with E-state index < -0.39 is 83.2 Å². The van der Waals surface area contributed by atoms with Gasteiger partial charge in [-0.2, -0.15) is 5.10 Å². The van der Waals surface area contributed by atoms with Gasteiger partial charge >= 0.3 is 5.97 Å². The molecule has 44 heavy (non-hydrogen) atoms. The number of nitrogens with zero attached hydrogens (tertiary/aromatic N) is 2. The maximum absolute atomic E-state index is 14.0. The van der Waals surface area contributed by atoms with Gasteiger partial charge in [-0.1, -0.05) is 27.7 Å². The van der Waals surface area contributed by atoms with Crippen molar-refractivity contribution in [3.8, 4) is 0 Å². The van der Waals surface area contributed by atoms with Crippen LogP contribution in [0.1, 0.15) is 74.7 Å². The number of hydrogen-bond donors (Lipinski definition) is 3. The number of esters is 1. The van der Waals surface area contributed by atoms with Gasteiger partial charge in [-0.05, 0) is 61.1 Å². The lowest BCUT2D eigenvalue weighted by Crippen LogP contribution is -2.60. The minimum absolute atomic E-state index is 0.141. The lowest BCUT2D eigenvalue weighted by atomic mass is 9.66. The van der Waals surface area contributed by atoms with E-state index in [2.05, 4.69) is 10.5 Å². The average molecular weight is 626 g/mol. The summed E-state index contributed by atoms with van der Waals surface area (Å²) < 4.78 is 24.6. The van der Waals surface area contributed by atoms with Crippen LogP contribution in [0.15, 0.2) is 5.10 Å². The van der Waals surface area contributed by atoms with E-state index in [1.807, 2.05) is 39.8 Å². The van der Waals surface area contributed by atoms with Crippen LogP contribution in [0.4, 0.5) is 0 Å². The topological polar surface area (TPSA) is 156 Å². The molecule has 0 radical (unpaired) electrons. The van der Waals surface area contributed by atoms with E-state index in [0.29, 0.717) is 12.8 Å². The van der Waals surface area contributed by atoms with Gasteiger partial charge in [0.15, 0.2) is 12.1 Å². The summed E-state index contributed by atoms with van der Waals surface area (Å²) in [6.45, 7) is 13.9. The molecule has 0 aromatic heterocycles. The van der Waals surface area contributed by atoms with Crippen molar-refractivity contribution in [1.82, 2.24) is 10.3 Å². The molecule has 0 aromatic rings. The van der Waals surface area contributed by atoms with Gasteiger partial charge in [-0.15, -0.1) is 0 Å². The van der Waals surface area contributed by atoms with Crippen LogP contribution >= 0.6 is 0 Å². The number of hydrazone groups is 1. The molecule has 2 fully saturated rings. The molecule has 12 heteroatoms. The molecule has 14 atom stereocenters. The number of carbonyl (C=O) groups is 3. The Balaban J connectivity index is 2.10. The second kappa shape index (κ2) is 14.2. The predicted octanol–water partition coefficient (Wildman–Crippen LogP) is 1.94. The number of ether oxygens (including phenoxy) is 4. The van der Waals surface area contributed by atoms with Crippen molar-refractivity contribution >= 4 is 23.8 Å². The number of aliphatic hydroxyl groups excluding tert-OH is 2. The molecule has 2 saturated heterocycles. The Labute approximate surface area is 262 Å². The number of ketones is 2. The summed E-state index contributed by atoms with van der Waals surface area (Å²) in [5.41, 5.74) is 0.528. The zero-order chi connectivity index (χ0) is 33.3. The second-order valence-electron chi connectivity index (χ2n) is 13.7. The third-order valence-corrected chi connectivity index (χ3v) is 10.4. The molecule has 1 spiro atoms. The number of rotatable bonds is 5. The highest BCUT2D eigenvalue weighted by molar-refractivity contribution is 6.00. The standard InChI is InChI=1S/C32H55N3O9/c1-12-23-32(15-33-34-21(32)7)27(39)18(4)24(36)16(2)14-31(8,41-11)28(19(5)25(37)20(6)29(40)43-23)44-30-26(38)22(35(9)10)13-17(3)42-30/h15-23,26-28,30,34,38-39H,12-14H2,1-11H3/t16-,17-,18+,19+,20-,21?,22+,23-,26-,27-,28-,30+,31-,32?/m1/s1. The molecule has 3 heterocycles. The summed E-state index contributed by atoms with van der Waals surface area (Å²) in [4.78, 5) is 43.5. The van der Waals surface area contributed by atoms with Crippen LogP contribution in [-0.2, 0) is 33.3 Å². The highest BCUT2D eigenvalue weighted by atomic mass is 16.7. The molecular formula is C32H55N3O9. The molecule has 0 amide bonds. The molecule has 3 aliphatic rings. The van der Waals surface area contributed by atoms with Crippen molar-refractivity contribution in [1.29, 1.82) is 0 Å². The van der Waals surface area contributed by atoms with E-state index >= 15 is 0 Å². The number of carbonyl (C=O) groups excluding carboxylic acids is 3. The van der Waals surface area contributed by atoms with Gasteiger partial charge in [0.25, 0.3) is 0 Å². The average Bonchev–Trinajstić information content (AvgIpc) is 3.38. The summed E-state index contributed by atoms with van der Waals surface area (Å²) in [6.07, 6.45) is -2.88. The predicted molar refractivity (Wildman–Crippen MR) is 164 cm³/mol. The van der Waals surface area contributed by atoms with E-state index in [1.165, 1.54) is 14.0 Å². The Kier molecular flexibility index (Phi) is 11.8. The molecule has 3 aliphatic heterocycles. The Bertz CT molecular complexity index is 1070. The quantitative estimate of drug-likeness (QED) is 0.303. The molecule has 2 unspecified atom stereocenters. The number of Topliss-reactive ketones (excluding diaryl/α,β-unsaturated/α-hetero) is 2. The van der Waals surface area contributed by atoms with Crippen LogP contribution in [0.5, 0.6) is 0 Å². The number of aliphatic hydroxyl groups is 2. The lowest BCUT2D eigenvalue weighted by Gasteiger charge is -2.47. The van der Waals surface area contributed by atoms with Crippen molar-refractivity contribution in [3.05, 3.63) is 0 Å². The summed E-state index contributed by atoms with van der Waals surface area (Å²) in [7, 11) is 5.22. The van der Waals surface area contributed by atoms with Gasteiger partial charge in [0.2, 0.25) is 0 Å². The number of nitrogens with one attached hydrogen (secondary N) is 1. The van der Waals surface area contributed by atoms with E-state index in [4.69, 9.17) is 18.9 Å². The van der Waals surface area contributed by atoms with E-state index in [1.54, 1.807) is 33.9 Å². The SMILES string of the molecule is CC[C@H]1OC(=O)[C@H](C)C(=O)[C@H](C)[C@@H](O[C@@H]2O[C@H](C)C[C@H](N(C)C)[C@H]2O)[C@](C)(OC)C[C@@H](C)C(=O)[C@H](C)[C@@H](O)C12C=NNC2C. The van der Waals surface area contributed by atoms with Crippen molar-refractivity contribution in [3.63, 3.8) is 0 Å². The van der Waals surface area contributed by atoms with Crippen LogP contribution in [0.3, 0.4) is 0 Å². The fourth-order valence-corrected chi connectivity index (χ4v) is 7.46.